The normalized spacial score (nSPS) is 23.8. The van der Waals surface area contributed by atoms with Gasteiger partial charge in [-0.2, -0.15) is 0 Å². The summed E-state index contributed by atoms with van der Waals surface area (Å²) in [5.41, 5.74) is 0. The van der Waals surface area contributed by atoms with Crippen LogP contribution in [0.2, 0.25) is 0 Å². The summed E-state index contributed by atoms with van der Waals surface area (Å²) in [5, 5.41) is 3.25. The number of hydrogen-bond acceptors (Lipinski definition) is 3. The van der Waals surface area contributed by atoms with Crippen LogP contribution in [0.4, 0.5) is 5.82 Å². The van der Waals surface area contributed by atoms with Crippen molar-refractivity contribution in [1.29, 1.82) is 0 Å². The Hall–Kier alpha value is -1.58. The molecule has 2 heterocycles. The summed E-state index contributed by atoms with van der Waals surface area (Å²) in [6, 6.07) is 6.27. The molecule has 1 aromatic heterocycles. The molecule has 3 rings (SSSR count). The van der Waals surface area contributed by atoms with E-state index < -0.39 is 0 Å². The van der Waals surface area contributed by atoms with Crippen molar-refractivity contribution >= 4 is 11.7 Å². The molecule has 20 heavy (non-hydrogen) atoms. The number of rotatable bonds is 3. The van der Waals surface area contributed by atoms with Crippen LogP contribution >= 0.6 is 0 Å². The number of carbonyl (C=O) groups excluding carboxylic acids is 1. The van der Waals surface area contributed by atoms with E-state index >= 15 is 0 Å². The first-order valence-electron chi connectivity index (χ1n) is 7.79. The van der Waals surface area contributed by atoms with Crippen LogP contribution in [0.1, 0.15) is 38.5 Å². The predicted octanol–water partition coefficient (Wildman–Crippen LogP) is 2.36. The van der Waals surface area contributed by atoms with Crippen LogP contribution < -0.4 is 10.2 Å². The van der Waals surface area contributed by atoms with E-state index in [-0.39, 0.29) is 17.9 Å². The second kappa shape index (κ2) is 6.25. The summed E-state index contributed by atoms with van der Waals surface area (Å²) < 4.78 is 0. The highest BCUT2D eigenvalue weighted by atomic mass is 16.1. The third-order valence-corrected chi connectivity index (χ3v) is 4.47. The zero-order valence-corrected chi connectivity index (χ0v) is 11.9. The van der Waals surface area contributed by atoms with Crippen molar-refractivity contribution in [3.8, 4) is 0 Å². The number of nitrogens with one attached hydrogen (secondary N) is 1. The van der Waals surface area contributed by atoms with Gasteiger partial charge in [0.25, 0.3) is 0 Å². The number of anilines is 1. The molecule has 1 aromatic rings. The number of hydrogen-bond donors (Lipinski definition) is 1. The first-order chi connectivity index (χ1) is 9.83. The minimum Gasteiger partial charge on any atom is -0.355 e. The standard InChI is InChI=1S/C16H23N3O/c20-16(13-6-1-2-7-13)18-14-8-5-11-19(12-14)15-9-3-4-10-17-15/h3-4,9-10,13-14H,1-2,5-8,11-12H2,(H,18,20). The van der Waals surface area contributed by atoms with Crippen molar-refractivity contribution in [3.05, 3.63) is 24.4 Å². The maximum Gasteiger partial charge on any atom is 0.223 e. The van der Waals surface area contributed by atoms with Crippen LogP contribution in [0.15, 0.2) is 24.4 Å². The molecule has 2 fully saturated rings. The van der Waals surface area contributed by atoms with Gasteiger partial charge in [-0.25, -0.2) is 4.98 Å². The topological polar surface area (TPSA) is 45.2 Å². The second-order valence-corrected chi connectivity index (χ2v) is 5.96. The minimum absolute atomic E-state index is 0.264. The summed E-state index contributed by atoms with van der Waals surface area (Å²) >= 11 is 0. The van der Waals surface area contributed by atoms with Gasteiger partial charge in [-0.15, -0.1) is 0 Å². The fraction of sp³-hybridized carbons (Fsp3) is 0.625. The molecule has 108 valence electrons. The lowest BCUT2D eigenvalue weighted by Crippen LogP contribution is -2.49. The zero-order valence-electron chi connectivity index (χ0n) is 11.9. The number of amides is 1. The van der Waals surface area contributed by atoms with Gasteiger partial charge in [0.1, 0.15) is 5.82 Å². The molecule has 1 saturated carbocycles. The molecular formula is C16H23N3O. The molecule has 1 aliphatic heterocycles. The van der Waals surface area contributed by atoms with Gasteiger partial charge in [0.15, 0.2) is 0 Å². The summed E-state index contributed by atoms with van der Waals surface area (Å²) in [4.78, 5) is 18.9. The van der Waals surface area contributed by atoms with Crippen molar-refractivity contribution < 1.29 is 4.79 Å². The third kappa shape index (κ3) is 3.11. The quantitative estimate of drug-likeness (QED) is 0.919. The van der Waals surface area contributed by atoms with Gasteiger partial charge in [0.2, 0.25) is 5.91 Å². The van der Waals surface area contributed by atoms with E-state index in [1.54, 1.807) is 0 Å². The first-order valence-corrected chi connectivity index (χ1v) is 7.79. The number of nitrogens with zero attached hydrogens (tertiary/aromatic N) is 2. The summed E-state index contributed by atoms with van der Waals surface area (Å²) in [5.74, 6) is 1.56. The number of aromatic nitrogens is 1. The van der Waals surface area contributed by atoms with Gasteiger partial charge < -0.3 is 10.2 Å². The maximum atomic E-state index is 12.2. The van der Waals surface area contributed by atoms with E-state index in [2.05, 4.69) is 15.2 Å². The Morgan fingerprint density at radius 2 is 2.05 bits per heavy atom. The highest BCUT2D eigenvalue weighted by Gasteiger charge is 2.27. The van der Waals surface area contributed by atoms with Crippen LogP contribution in [-0.2, 0) is 4.79 Å². The van der Waals surface area contributed by atoms with Crippen LogP contribution in [0.25, 0.3) is 0 Å². The van der Waals surface area contributed by atoms with E-state index in [0.717, 1.165) is 44.6 Å². The summed E-state index contributed by atoms with van der Waals surface area (Å²) in [6.45, 7) is 1.92. The summed E-state index contributed by atoms with van der Waals surface area (Å²) in [6.07, 6.45) is 8.60. The van der Waals surface area contributed by atoms with Gasteiger partial charge in [0.05, 0.1) is 0 Å². The first kappa shape index (κ1) is 13.4. The number of piperidine rings is 1. The predicted molar refractivity (Wildman–Crippen MR) is 79.6 cm³/mol. The molecule has 0 spiro atoms. The van der Waals surface area contributed by atoms with Gasteiger partial charge in [-0.05, 0) is 37.8 Å². The van der Waals surface area contributed by atoms with E-state index in [1.807, 2.05) is 24.4 Å². The molecule has 1 amide bonds. The Kier molecular flexibility index (Phi) is 4.19. The molecular weight excluding hydrogens is 250 g/mol. The smallest absolute Gasteiger partial charge is 0.223 e. The van der Waals surface area contributed by atoms with E-state index in [9.17, 15) is 4.79 Å². The molecule has 2 aliphatic rings. The lowest BCUT2D eigenvalue weighted by atomic mass is 10.0. The Balaban J connectivity index is 1.56. The highest BCUT2D eigenvalue weighted by Crippen LogP contribution is 2.25. The lowest BCUT2D eigenvalue weighted by Gasteiger charge is -2.34. The third-order valence-electron chi connectivity index (χ3n) is 4.47. The molecule has 0 bridgehead atoms. The second-order valence-electron chi connectivity index (χ2n) is 5.96. The summed E-state index contributed by atoms with van der Waals surface area (Å²) in [7, 11) is 0. The molecule has 0 radical (unpaired) electrons. The van der Waals surface area contributed by atoms with Crippen LogP contribution in [-0.4, -0.2) is 30.0 Å². The molecule has 1 unspecified atom stereocenters. The fourth-order valence-corrected chi connectivity index (χ4v) is 3.35. The number of carbonyl (C=O) groups is 1. The largest absolute Gasteiger partial charge is 0.355 e. The molecule has 1 aliphatic carbocycles. The van der Waals surface area contributed by atoms with Crippen molar-refractivity contribution in [2.45, 2.75) is 44.6 Å². The minimum atomic E-state index is 0.264. The van der Waals surface area contributed by atoms with Crippen molar-refractivity contribution in [3.63, 3.8) is 0 Å². The average Bonchev–Trinajstić information content (AvgIpc) is 3.03. The molecule has 1 atom stereocenters. The van der Waals surface area contributed by atoms with E-state index in [0.29, 0.717) is 0 Å². The number of pyridine rings is 1. The Bertz CT molecular complexity index is 442. The van der Waals surface area contributed by atoms with Gasteiger partial charge in [0, 0.05) is 31.2 Å². The van der Waals surface area contributed by atoms with Crippen LogP contribution in [0, 0.1) is 5.92 Å². The SMILES string of the molecule is O=C(NC1CCCN(c2ccccn2)C1)C1CCCC1. The van der Waals surface area contributed by atoms with Crippen LogP contribution in [0.5, 0.6) is 0 Å². The monoisotopic (exact) mass is 273 g/mol. The molecule has 1 saturated heterocycles. The highest BCUT2D eigenvalue weighted by molar-refractivity contribution is 5.79. The van der Waals surface area contributed by atoms with Gasteiger partial charge in [-0.3, -0.25) is 4.79 Å². The maximum absolute atomic E-state index is 12.2. The van der Waals surface area contributed by atoms with E-state index in [4.69, 9.17) is 0 Å². The molecule has 4 nitrogen and oxygen atoms in total. The fourth-order valence-electron chi connectivity index (χ4n) is 3.35. The van der Waals surface area contributed by atoms with E-state index in [1.165, 1.54) is 12.8 Å². The molecule has 0 aromatic carbocycles. The van der Waals surface area contributed by atoms with Gasteiger partial charge >= 0.3 is 0 Å². The average molecular weight is 273 g/mol. The zero-order chi connectivity index (χ0) is 13.8. The lowest BCUT2D eigenvalue weighted by molar-refractivity contribution is -0.125. The van der Waals surface area contributed by atoms with Gasteiger partial charge in [-0.1, -0.05) is 18.9 Å². The van der Waals surface area contributed by atoms with Crippen molar-refractivity contribution in [2.24, 2.45) is 5.92 Å². The Labute approximate surface area is 120 Å². The molecule has 1 N–H and O–H groups in total. The molecule has 4 heteroatoms. The Morgan fingerprint density at radius 3 is 2.80 bits per heavy atom. The Morgan fingerprint density at radius 1 is 1.20 bits per heavy atom. The van der Waals surface area contributed by atoms with Crippen LogP contribution in [0.3, 0.4) is 0 Å². The van der Waals surface area contributed by atoms with Crippen molar-refractivity contribution in [2.75, 3.05) is 18.0 Å². The van der Waals surface area contributed by atoms with Crippen molar-refractivity contribution in [1.82, 2.24) is 10.3 Å².